The molecule has 1 amide bonds. The van der Waals surface area contributed by atoms with Gasteiger partial charge < -0.3 is 9.64 Å². The van der Waals surface area contributed by atoms with Crippen molar-refractivity contribution in [3.63, 3.8) is 0 Å². The third-order valence-electron chi connectivity index (χ3n) is 5.62. The van der Waals surface area contributed by atoms with E-state index in [1.165, 1.54) is 30.4 Å². The monoisotopic (exact) mass is 414 g/mol. The molecule has 1 unspecified atom stereocenters. The van der Waals surface area contributed by atoms with Crippen LogP contribution in [0.25, 0.3) is 0 Å². The third kappa shape index (κ3) is 4.22. The Morgan fingerprint density at radius 1 is 1.10 bits per heavy atom. The molecular weight excluding hydrogens is 388 g/mol. The van der Waals surface area contributed by atoms with Crippen LogP contribution in [0.2, 0.25) is 0 Å². The number of ether oxygens (including phenoxy) is 1. The fourth-order valence-electron chi connectivity index (χ4n) is 4.03. The molecule has 6 nitrogen and oxygen atoms in total. The molecule has 0 radical (unpaired) electrons. The maximum Gasteiger partial charge on any atom is 0.254 e. The van der Waals surface area contributed by atoms with Crippen LogP contribution >= 0.6 is 0 Å². The van der Waals surface area contributed by atoms with Crippen molar-refractivity contribution in [2.45, 2.75) is 42.7 Å². The second-order valence-electron chi connectivity index (χ2n) is 7.61. The van der Waals surface area contributed by atoms with Crippen molar-refractivity contribution in [2.75, 3.05) is 20.3 Å². The summed E-state index contributed by atoms with van der Waals surface area (Å²) in [5.74, 6) is -0.0227. The Kier molecular flexibility index (Phi) is 5.72. The molecular formula is C22H26N2O4S. The van der Waals surface area contributed by atoms with E-state index in [9.17, 15) is 13.2 Å². The molecule has 0 aromatic heterocycles. The number of hydrogen-bond acceptors (Lipinski definition) is 4. The van der Waals surface area contributed by atoms with Gasteiger partial charge >= 0.3 is 0 Å². The van der Waals surface area contributed by atoms with Gasteiger partial charge in [0.15, 0.2) is 0 Å². The van der Waals surface area contributed by atoms with E-state index in [-0.39, 0.29) is 29.4 Å². The second kappa shape index (κ2) is 8.26. The van der Waals surface area contributed by atoms with Crippen molar-refractivity contribution in [1.29, 1.82) is 0 Å². The Balaban J connectivity index is 1.54. The standard InChI is InChI=1S/C22H26N2O4S/c1-28-15-14-23-29(26,27)19-11-6-17(7-12-19)22(25)24(18-9-10-18)21-13-8-16-4-2-3-5-20(16)21/h2-7,11-12,18,21,23H,8-10,13-15H2,1H3. The highest BCUT2D eigenvalue weighted by atomic mass is 32.2. The molecule has 0 aliphatic heterocycles. The van der Waals surface area contributed by atoms with Crippen molar-refractivity contribution < 1.29 is 17.9 Å². The molecule has 4 rings (SSSR count). The summed E-state index contributed by atoms with van der Waals surface area (Å²) in [5.41, 5.74) is 3.09. The predicted octanol–water partition coefficient (Wildman–Crippen LogP) is 2.90. The number of amides is 1. The average Bonchev–Trinajstić information content (AvgIpc) is 3.48. The lowest BCUT2D eigenvalue weighted by Crippen LogP contribution is -2.36. The number of methoxy groups -OCH3 is 1. The lowest BCUT2D eigenvalue weighted by atomic mass is 10.1. The first-order valence-corrected chi connectivity index (χ1v) is 11.5. The molecule has 0 saturated heterocycles. The summed E-state index contributed by atoms with van der Waals surface area (Å²) in [5, 5.41) is 0. The highest BCUT2D eigenvalue weighted by Gasteiger charge is 2.40. The summed E-state index contributed by atoms with van der Waals surface area (Å²) in [6.07, 6.45) is 3.99. The lowest BCUT2D eigenvalue weighted by Gasteiger charge is -2.30. The molecule has 7 heteroatoms. The Hall–Kier alpha value is -2.22. The fourth-order valence-corrected chi connectivity index (χ4v) is 5.04. The number of nitrogens with one attached hydrogen (secondary N) is 1. The highest BCUT2D eigenvalue weighted by molar-refractivity contribution is 7.89. The van der Waals surface area contributed by atoms with Crippen molar-refractivity contribution in [2.24, 2.45) is 0 Å². The van der Waals surface area contributed by atoms with Crippen LogP contribution in [0.1, 0.15) is 46.8 Å². The summed E-state index contributed by atoms with van der Waals surface area (Å²) in [4.78, 5) is 15.5. The highest BCUT2D eigenvalue weighted by Crippen LogP contribution is 2.42. The van der Waals surface area contributed by atoms with E-state index < -0.39 is 10.0 Å². The van der Waals surface area contributed by atoms with Crippen molar-refractivity contribution in [1.82, 2.24) is 9.62 Å². The largest absolute Gasteiger partial charge is 0.383 e. The third-order valence-corrected chi connectivity index (χ3v) is 7.10. The normalized spacial score (nSPS) is 18.4. The van der Waals surface area contributed by atoms with Gasteiger partial charge in [-0.3, -0.25) is 4.79 Å². The van der Waals surface area contributed by atoms with Gasteiger partial charge in [-0.1, -0.05) is 24.3 Å². The van der Waals surface area contributed by atoms with Crippen molar-refractivity contribution in [3.05, 3.63) is 65.2 Å². The van der Waals surface area contributed by atoms with Crippen LogP contribution in [0.3, 0.4) is 0 Å². The topological polar surface area (TPSA) is 75.7 Å². The molecule has 2 aromatic rings. The molecule has 1 saturated carbocycles. The number of hydrogen-bond donors (Lipinski definition) is 1. The van der Waals surface area contributed by atoms with Gasteiger partial charge in [0.1, 0.15) is 0 Å². The molecule has 0 spiro atoms. The van der Waals surface area contributed by atoms with Gasteiger partial charge in [-0.2, -0.15) is 0 Å². The zero-order chi connectivity index (χ0) is 20.4. The maximum atomic E-state index is 13.3. The Labute approximate surface area is 171 Å². The molecule has 2 aliphatic carbocycles. The molecule has 2 aromatic carbocycles. The summed E-state index contributed by atoms with van der Waals surface area (Å²) < 4.78 is 32.0. The van der Waals surface area contributed by atoms with Gasteiger partial charge in [0.2, 0.25) is 10.0 Å². The predicted molar refractivity (Wildman–Crippen MR) is 110 cm³/mol. The number of sulfonamides is 1. The van der Waals surface area contributed by atoms with Crippen LogP contribution in [-0.2, 0) is 21.2 Å². The van der Waals surface area contributed by atoms with Gasteiger partial charge in [-0.05, 0) is 61.1 Å². The zero-order valence-corrected chi connectivity index (χ0v) is 17.3. The van der Waals surface area contributed by atoms with Gasteiger partial charge in [-0.15, -0.1) is 0 Å². The fraction of sp³-hybridized carbons (Fsp3) is 0.409. The first-order chi connectivity index (χ1) is 14.0. The number of rotatable bonds is 8. The summed E-state index contributed by atoms with van der Waals surface area (Å²) in [6, 6.07) is 14.9. The smallest absolute Gasteiger partial charge is 0.254 e. The van der Waals surface area contributed by atoms with E-state index in [1.54, 1.807) is 12.1 Å². The minimum absolute atomic E-state index is 0.0227. The van der Waals surface area contributed by atoms with E-state index >= 15 is 0 Å². The number of fused-ring (bicyclic) bond motifs is 1. The number of carbonyl (C=O) groups is 1. The molecule has 2 aliphatic rings. The first-order valence-electron chi connectivity index (χ1n) is 10.0. The minimum atomic E-state index is -3.61. The maximum absolute atomic E-state index is 13.3. The van der Waals surface area contributed by atoms with Crippen molar-refractivity contribution in [3.8, 4) is 0 Å². The zero-order valence-electron chi connectivity index (χ0n) is 16.5. The summed E-state index contributed by atoms with van der Waals surface area (Å²) in [7, 11) is -2.09. The number of carbonyl (C=O) groups excluding carboxylic acids is 1. The van der Waals surface area contributed by atoms with Crippen LogP contribution in [0.15, 0.2) is 53.4 Å². The lowest BCUT2D eigenvalue weighted by molar-refractivity contribution is 0.0658. The summed E-state index contributed by atoms with van der Waals surface area (Å²) in [6.45, 7) is 0.505. The van der Waals surface area contributed by atoms with E-state index in [1.807, 2.05) is 17.0 Å². The number of nitrogens with zero attached hydrogens (tertiary/aromatic N) is 1. The minimum Gasteiger partial charge on any atom is -0.383 e. The molecule has 29 heavy (non-hydrogen) atoms. The number of aryl methyl sites for hydroxylation is 1. The van der Waals surface area contributed by atoms with Crippen LogP contribution in [0.5, 0.6) is 0 Å². The van der Waals surface area contributed by atoms with Crippen LogP contribution in [0.4, 0.5) is 0 Å². The SMILES string of the molecule is COCCNS(=O)(=O)c1ccc(C(=O)N(C2CC2)C2CCc3ccccc32)cc1. The van der Waals surface area contributed by atoms with Gasteiger partial charge in [-0.25, -0.2) is 13.1 Å². The van der Waals surface area contributed by atoms with Crippen molar-refractivity contribution >= 4 is 15.9 Å². The second-order valence-corrected chi connectivity index (χ2v) is 9.38. The molecule has 154 valence electrons. The Morgan fingerprint density at radius 3 is 2.52 bits per heavy atom. The Morgan fingerprint density at radius 2 is 1.83 bits per heavy atom. The van der Waals surface area contributed by atoms with Gasteiger partial charge in [0.25, 0.3) is 5.91 Å². The van der Waals surface area contributed by atoms with E-state index in [0.717, 1.165) is 25.7 Å². The number of benzene rings is 2. The van der Waals surface area contributed by atoms with Crippen LogP contribution < -0.4 is 4.72 Å². The van der Waals surface area contributed by atoms with E-state index in [2.05, 4.69) is 16.9 Å². The van der Waals surface area contributed by atoms with Gasteiger partial charge in [0, 0.05) is 25.3 Å². The first kappa shape index (κ1) is 20.1. The molecule has 1 atom stereocenters. The molecule has 0 bridgehead atoms. The quantitative estimate of drug-likeness (QED) is 0.674. The van der Waals surface area contributed by atoms with Crippen LogP contribution in [0, 0.1) is 0 Å². The Bertz CT molecular complexity index is 984. The van der Waals surface area contributed by atoms with Crippen LogP contribution in [-0.4, -0.2) is 45.5 Å². The summed E-state index contributed by atoms with van der Waals surface area (Å²) >= 11 is 0. The van der Waals surface area contributed by atoms with E-state index in [0.29, 0.717) is 12.2 Å². The molecule has 1 fully saturated rings. The van der Waals surface area contributed by atoms with Gasteiger partial charge in [0.05, 0.1) is 17.5 Å². The van der Waals surface area contributed by atoms with E-state index in [4.69, 9.17) is 4.74 Å². The molecule has 0 heterocycles. The molecule has 1 N–H and O–H groups in total. The average molecular weight is 415 g/mol.